The van der Waals surface area contributed by atoms with E-state index in [2.05, 4.69) is 37.3 Å². The highest BCUT2D eigenvalue weighted by molar-refractivity contribution is 5.59. The Labute approximate surface area is 141 Å². The zero-order valence-electron chi connectivity index (χ0n) is 14.8. The monoisotopic (exact) mass is 332 g/mol. The highest BCUT2D eigenvalue weighted by Crippen LogP contribution is 2.27. The quantitative estimate of drug-likeness (QED) is 0.498. The Balaban J connectivity index is 1.96. The fraction of sp³-hybridized carbons (Fsp3) is 0.471. The molecule has 2 rings (SSSR count). The van der Waals surface area contributed by atoms with Crippen LogP contribution in [0.3, 0.4) is 0 Å². The number of anilines is 1. The van der Waals surface area contributed by atoms with Crippen LogP contribution in [0.4, 0.5) is 11.5 Å². The summed E-state index contributed by atoms with van der Waals surface area (Å²) in [6.07, 6.45) is 0. The lowest BCUT2D eigenvalue weighted by Crippen LogP contribution is -2.15. The molecule has 0 saturated heterocycles. The topological polar surface area (TPSA) is 82.2 Å². The van der Waals surface area contributed by atoms with Crippen molar-refractivity contribution in [3.8, 4) is 5.75 Å². The summed E-state index contributed by atoms with van der Waals surface area (Å²) in [4.78, 5) is 10.7. The van der Waals surface area contributed by atoms with Crippen molar-refractivity contribution in [2.45, 2.75) is 33.1 Å². The van der Waals surface area contributed by atoms with E-state index in [9.17, 15) is 10.1 Å². The zero-order valence-corrected chi connectivity index (χ0v) is 14.8. The standard InChI is InChI=1S/C17H24N4O3/c1-12-15(21(22)23)16(20(5)19-12)18-9-10-24-14-8-6-7-13(11-14)17(2,3)4/h6-8,11,18H,9-10H2,1-5H3. The Bertz CT molecular complexity index is 732. The van der Waals surface area contributed by atoms with Crippen molar-refractivity contribution in [2.24, 2.45) is 7.05 Å². The van der Waals surface area contributed by atoms with Crippen LogP contribution in [0, 0.1) is 17.0 Å². The van der Waals surface area contributed by atoms with Gasteiger partial charge < -0.3 is 10.1 Å². The van der Waals surface area contributed by atoms with Gasteiger partial charge in [-0.2, -0.15) is 5.10 Å². The van der Waals surface area contributed by atoms with Crippen LogP contribution in [0.1, 0.15) is 32.0 Å². The van der Waals surface area contributed by atoms with Crippen LogP contribution in [0.5, 0.6) is 5.75 Å². The first-order valence-corrected chi connectivity index (χ1v) is 7.85. The third-order valence-electron chi connectivity index (χ3n) is 3.74. The normalized spacial score (nSPS) is 11.4. The lowest BCUT2D eigenvalue weighted by atomic mass is 9.87. The number of aryl methyl sites for hydroxylation is 2. The van der Waals surface area contributed by atoms with Crippen molar-refractivity contribution in [3.05, 3.63) is 45.6 Å². The molecule has 1 N–H and O–H groups in total. The molecule has 0 bridgehead atoms. The Morgan fingerprint density at radius 1 is 1.38 bits per heavy atom. The smallest absolute Gasteiger partial charge is 0.333 e. The third kappa shape index (κ3) is 4.04. The summed E-state index contributed by atoms with van der Waals surface area (Å²) in [6, 6.07) is 7.98. The number of hydrogen-bond acceptors (Lipinski definition) is 5. The largest absolute Gasteiger partial charge is 0.492 e. The Morgan fingerprint density at radius 2 is 2.08 bits per heavy atom. The van der Waals surface area contributed by atoms with Crippen LogP contribution < -0.4 is 10.1 Å². The molecule has 0 atom stereocenters. The van der Waals surface area contributed by atoms with Crippen molar-refractivity contribution in [3.63, 3.8) is 0 Å². The van der Waals surface area contributed by atoms with Gasteiger partial charge in [-0.25, -0.2) is 4.68 Å². The molecule has 1 aromatic heterocycles. The molecule has 130 valence electrons. The van der Waals surface area contributed by atoms with Crippen molar-refractivity contribution in [1.29, 1.82) is 0 Å². The van der Waals surface area contributed by atoms with Crippen molar-refractivity contribution >= 4 is 11.5 Å². The van der Waals surface area contributed by atoms with Gasteiger partial charge in [-0.05, 0) is 30.0 Å². The number of rotatable bonds is 6. The van der Waals surface area contributed by atoms with Gasteiger partial charge in [-0.1, -0.05) is 32.9 Å². The Hall–Kier alpha value is -2.57. The molecule has 0 amide bonds. The van der Waals surface area contributed by atoms with Gasteiger partial charge in [0.1, 0.15) is 18.1 Å². The summed E-state index contributed by atoms with van der Waals surface area (Å²) >= 11 is 0. The maximum absolute atomic E-state index is 11.1. The van der Waals surface area contributed by atoms with Gasteiger partial charge in [0, 0.05) is 7.05 Å². The van der Waals surface area contributed by atoms with E-state index in [4.69, 9.17) is 4.74 Å². The molecule has 0 fully saturated rings. The maximum atomic E-state index is 11.1. The first kappa shape index (κ1) is 17.8. The number of ether oxygens (including phenoxy) is 1. The molecule has 7 heteroatoms. The van der Waals surface area contributed by atoms with Gasteiger partial charge >= 0.3 is 5.69 Å². The molecule has 0 radical (unpaired) electrons. The maximum Gasteiger partial charge on any atom is 0.333 e. The molecule has 0 aliphatic heterocycles. The van der Waals surface area contributed by atoms with E-state index in [1.165, 1.54) is 10.2 Å². The van der Waals surface area contributed by atoms with E-state index in [1.54, 1.807) is 14.0 Å². The second-order valence-electron chi connectivity index (χ2n) is 6.72. The summed E-state index contributed by atoms with van der Waals surface area (Å²) in [5.74, 6) is 1.18. The molecule has 0 spiro atoms. The van der Waals surface area contributed by atoms with Crippen LogP contribution in [-0.2, 0) is 12.5 Å². The van der Waals surface area contributed by atoms with E-state index in [0.29, 0.717) is 24.7 Å². The van der Waals surface area contributed by atoms with Gasteiger partial charge in [0.15, 0.2) is 0 Å². The molecule has 0 aliphatic carbocycles. The van der Waals surface area contributed by atoms with Gasteiger partial charge in [0.05, 0.1) is 11.5 Å². The van der Waals surface area contributed by atoms with Crippen LogP contribution in [0.2, 0.25) is 0 Å². The van der Waals surface area contributed by atoms with Crippen molar-refractivity contribution < 1.29 is 9.66 Å². The number of nitro groups is 1. The molecule has 2 aromatic rings. The zero-order chi connectivity index (χ0) is 17.9. The third-order valence-corrected chi connectivity index (χ3v) is 3.74. The number of nitrogens with one attached hydrogen (secondary N) is 1. The molecule has 0 aliphatic rings. The van der Waals surface area contributed by atoms with E-state index in [1.807, 2.05) is 18.2 Å². The highest BCUT2D eigenvalue weighted by Gasteiger charge is 2.23. The van der Waals surface area contributed by atoms with Crippen LogP contribution in [0.15, 0.2) is 24.3 Å². The summed E-state index contributed by atoms with van der Waals surface area (Å²) in [7, 11) is 1.68. The molecule has 0 unspecified atom stereocenters. The highest BCUT2D eigenvalue weighted by atomic mass is 16.6. The number of benzene rings is 1. The van der Waals surface area contributed by atoms with Crippen molar-refractivity contribution in [1.82, 2.24) is 9.78 Å². The fourth-order valence-electron chi connectivity index (χ4n) is 2.45. The number of nitrogens with zero attached hydrogens (tertiary/aromatic N) is 3. The molecular formula is C17H24N4O3. The molecule has 1 aromatic carbocycles. The predicted octanol–water partition coefficient (Wildman–Crippen LogP) is 3.43. The Kier molecular flexibility index (Phi) is 5.11. The lowest BCUT2D eigenvalue weighted by molar-refractivity contribution is -0.384. The minimum Gasteiger partial charge on any atom is -0.492 e. The molecular weight excluding hydrogens is 308 g/mol. The number of aromatic nitrogens is 2. The van der Waals surface area contributed by atoms with Gasteiger partial charge in [-0.3, -0.25) is 10.1 Å². The van der Waals surface area contributed by atoms with Crippen LogP contribution >= 0.6 is 0 Å². The van der Waals surface area contributed by atoms with Gasteiger partial charge in [-0.15, -0.1) is 0 Å². The first-order chi connectivity index (χ1) is 11.2. The van der Waals surface area contributed by atoms with Crippen LogP contribution in [0.25, 0.3) is 0 Å². The van der Waals surface area contributed by atoms with E-state index >= 15 is 0 Å². The SMILES string of the molecule is Cc1nn(C)c(NCCOc2cccc(C(C)(C)C)c2)c1[N+](=O)[O-]. The second kappa shape index (κ2) is 6.90. The van der Waals surface area contributed by atoms with E-state index < -0.39 is 4.92 Å². The average molecular weight is 332 g/mol. The van der Waals surface area contributed by atoms with E-state index in [-0.39, 0.29) is 11.1 Å². The number of hydrogen-bond donors (Lipinski definition) is 1. The Morgan fingerprint density at radius 3 is 2.71 bits per heavy atom. The average Bonchev–Trinajstić information content (AvgIpc) is 2.77. The summed E-state index contributed by atoms with van der Waals surface area (Å²) in [5.41, 5.74) is 1.66. The summed E-state index contributed by atoms with van der Waals surface area (Å²) in [5, 5.41) is 18.2. The predicted molar refractivity (Wildman–Crippen MR) is 93.7 cm³/mol. The first-order valence-electron chi connectivity index (χ1n) is 7.85. The molecule has 24 heavy (non-hydrogen) atoms. The van der Waals surface area contributed by atoms with Crippen molar-refractivity contribution in [2.75, 3.05) is 18.5 Å². The molecule has 0 saturated carbocycles. The minimum atomic E-state index is -0.418. The lowest BCUT2D eigenvalue weighted by Gasteiger charge is -2.19. The van der Waals surface area contributed by atoms with Crippen LogP contribution in [-0.4, -0.2) is 27.9 Å². The van der Waals surface area contributed by atoms with Gasteiger partial charge in [0.25, 0.3) is 0 Å². The minimum absolute atomic E-state index is 0.00669. The fourth-order valence-corrected chi connectivity index (χ4v) is 2.45. The molecule has 1 heterocycles. The van der Waals surface area contributed by atoms with Gasteiger partial charge in [0.2, 0.25) is 5.82 Å². The second-order valence-corrected chi connectivity index (χ2v) is 6.72. The molecule has 7 nitrogen and oxygen atoms in total. The summed E-state index contributed by atoms with van der Waals surface area (Å²) in [6.45, 7) is 8.92. The van der Waals surface area contributed by atoms with E-state index in [0.717, 1.165) is 5.75 Å². The summed E-state index contributed by atoms with van der Waals surface area (Å²) < 4.78 is 7.23.